The molecule has 1 aliphatic rings. The molecule has 5 heteroatoms. The van der Waals surface area contributed by atoms with Gasteiger partial charge in [-0.3, -0.25) is 0 Å². The van der Waals surface area contributed by atoms with Crippen molar-refractivity contribution in [2.45, 2.75) is 32.5 Å². The Labute approximate surface area is 99.6 Å². The van der Waals surface area contributed by atoms with Crippen LogP contribution >= 0.6 is 11.6 Å². The SMILES string of the molecule is CC(C)(C)N1OC(N)C=C1c1ccc(Cl)o1. The van der Waals surface area contributed by atoms with Crippen LogP contribution in [0, 0.1) is 0 Å². The standard InChI is InChI=1S/C11H15ClN2O2/c1-11(2,3)14-7(6-10(13)16-14)8-4-5-9(12)15-8/h4-6,10H,13H2,1-3H3. The molecule has 0 saturated heterocycles. The minimum absolute atomic E-state index is 0.195. The number of furan rings is 1. The van der Waals surface area contributed by atoms with Crippen LogP contribution in [0.15, 0.2) is 22.6 Å². The van der Waals surface area contributed by atoms with Gasteiger partial charge in [-0.2, -0.15) is 0 Å². The van der Waals surface area contributed by atoms with Crippen molar-refractivity contribution >= 4 is 17.3 Å². The van der Waals surface area contributed by atoms with Gasteiger partial charge in [0, 0.05) is 0 Å². The maximum absolute atomic E-state index is 5.75. The zero-order valence-corrected chi connectivity index (χ0v) is 10.3. The van der Waals surface area contributed by atoms with Gasteiger partial charge in [-0.1, -0.05) is 0 Å². The number of nitrogens with zero attached hydrogens (tertiary/aromatic N) is 1. The maximum Gasteiger partial charge on any atom is 0.194 e. The van der Waals surface area contributed by atoms with Gasteiger partial charge in [-0.15, -0.1) is 0 Å². The van der Waals surface area contributed by atoms with Crippen LogP contribution in [0.3, 0.4) is 0 Å². The molecule has 16 heavy (non-hydrogen) atoms. The van der Waals surface area contributed by atoms with Crippen LogP contribution in [-0.2, 0) is 4.84 Å². The Balaban J connectivity index is 2.35. The lowest BCUT2D eigenvalue weighted by Crippen LogP contribution is -2.39. The van der Waals surface area contributed by atoms with E-state index in [1.165, 1.54) is 0 Å². The molecule has 0 saturated carbocycles. The van der Waals surface area contributed by atoms with Gasteiger partial charge in [0.25, 0.3) is 0 Å². The molecular weight excluding hydrogens is 228 g/mol. The Kier molecular flexibility index (Phi) is 2.74. The Morgan fingerprint density at radius 2 is 2.06 bits per heavy atom. The summed E-state index contributed by atoms with van der Waals surface area (Å²) < 4.78 is 5.36. The molecule has 0 radical (unpaired) electrons. The van der Waals surface area contributed by atoms with E-state index in [1.807, 2.05) is 20.8 Å². The topological polar surface area (TPSA) is 51.6 Å². The first kappa shape index (κ1) is 11.5. The van der Waals surface area contributed by atoms with Gasteiger partial charge in [0.1, 0.15) is 5.70 Å². The molecule has 0 spiro atoms. The van der Waals surface area contributed by atoms with E-state index in [-0.39, 0.29) is 5.54 Å². The van der Waals surface area contributed by atoms with Gasteiger partial charge >= 0.3 is 0 Å². The fourth-order valence-electron chi connectivity index (χ4n) is 1.59. The smallest absolute Gasteiger partial charge is 0.194 e. The second-order valence-electron chi connectivity index (χ2n) is 4.69. The first-order valence-electron chi connectivity index (χ1n) is 5.08. The highest BCUT2D eigenvalue weighted by Gasteiger charge is 2.33. The van der Waals surface area contributed by atoms with Crippen molar-refractivity contribution in [3.05, 3.63) is 29.2 Å². The first-order chi connectivity index (χ1) is 7.38. The number of hydroxylamine groups is 2. The van der Waals surface area contributed by atoms with Crippen molar-refractivity contribution in [3.63, 3.8) is 0 Å². The molecule has 2 N–H and O–H groups in total. The minimum Gasteiger partial charge on any atom is -0.443 e. The molecule has 1 unspecified atom stereocenters. The zero-order chi connectivity index (χ0) is 11.9. The van der Waals surface area contributed by atoms with Crippen molar-refractivity contribution in [1.29, 1.82) is 0 Å². The Hall–Kier alpha value is -0.970. The van der Waals surface area contributed by atoms with E-state index in [0.717, 1.165) is 5.70 Å². The third-order valence-electron chi connectivity index (χ3n) is 2.20. The Bertz CT molecular complexity index is 420. The molecule has 2 heterocycles. The van der Waals surface area contributed by atoms with Crippen LogP contribution in [0.1, 0.15) is 26.5 Å². The van der Waals surface area contributed by atoms with Crippen LogP contribution in [0.5, 0.6) is 0 Å². The number of nitrogens with two attached hydrogens (primary N) is 1. The van der Waals surface area contributed by atoms with E-state index < -0.39 is 6.23 Å². The summed E-state index contributed by atoms with van der Waals surface area (Å²) in [6.07, 6.45) is 1.36. The van der Waals surface area contributed by atoms with Gasteiger partial charge in [0.05, 0.1) is 5.54 Å². The number of hydrogen-bond acceptors (Lipinski definition) is 4. The first-order valence-corrected chi connectivity index (χ1v) is 5.46. The molecule has 1 aliphatic heterocycles. The van der Waals surface area contributed by atoms with Gasteiger partial charge in [0.15, 0.2) is 17.2 Å². The molecule has 0 bridgehead atoms. The molecule has 0 aromatic carbocycles. The van der Waals surface area contributed by atoms with Crippen molar-refractivity contribution in [1.82, 2.24) is 5.06 Å². The predicted octanol–water partition coefficient (Wildman–Crippen LogP) is 2.60. The molecule has 1 aromatic rings. The predicted molar refractivity (Wildman–Crippen MR) is 62.3 cm³/mol. The lowest BCUT2D eigenvalue weighted by atomic mass is 10.1. The second kappa shape index (κ2) is 3.80. The van der Waals surface area contributed by atoms with Crippen LogP contribution in [0.4, 0.5) is 0 Å². The average molecular weight is 243 g/mol. The van der Waals surface area contributed by atoms with E-state index in [0.29, 0.717) is 11.0 Å². The fraction of sp³-hybridized carbons (Fsp3) is 0.455. The molecule has 0 fully saturated rings. The highest BCUT2D eigenvalue weighted by atomic mass is 35.5. The summed E-state index contributed by atoms with van der Waals surface area (Å²) in [7, 11) is 0. The number of halogens is 1. The summed E-state index contributed by atoms with van der Waals surface area (Å²) in [5.41, 5.74) is 6.36. The largest absolute Gasteiger partial charge is 0.443 e. The molecular formula is C11H15ClN2O2. The highest BCUT2D eigenvalue weighted by Crippen LogP contribution is 2.34. The van der Waals surface area contributed by atoms with Crippen molar-refractivity contribution in [2.24, 2.45) is 5.73 Å². The van der Waals surface area contributed by atoms with Crippen molar-refractivity contribution in [2.75, 3.05) is 0 Å². The van der Waals surface area contributed by atoms with E-state index >= 15 is 0 Å². The lowest BCUT2D eigenvalue weighted by molar-refractivity contribution is -0.168. The van der Waals surface area contributed by atoms with E-state index in [4.69, 9.17) is 26.6 Å². The van der Waals surface area contributed by atoms with Gasteiger partial charge in [0.2, 0.25) is 0 Å². The van der Waals surface area contributed by atoms with Crippen LogP contribution in [0.2, 0.25) is 5.22 Å². The third kappa shape index (κ3) is 2.09. The van der Waals surface area contributed by atoms with E-state index in [1.54, 1.807) is 23.3 Å². The number of hydrogen-bond donors (Lipinski definition) is 1. The lowest BCUT2D eigenvalue weighted by Gasteiger charge is -2.33. The average Bonchev–Trinajstić information content (AvgIpc) is 2.70. The van der Waals surface area contributed by atoms with Gasteiger partial charge in [-0.05, 0) is 50.6 Å². The molecule has 0 amide bonds. The summed E-state index contributed by atoms with van der Waals surface area (Å²) in [6, 6.07) is 3.50. The zero-order valence-electron chi connectivity index (χ0n) is 9.53. The molecule has 1 atom stereocenters. The maximum atomic E-state index is 5.75. The molecule has 4 nitrogen and oxygen atoms in total. The van der Waals surface area contributed by atoms with Crippen molar-refractivity contribution in [3.8, 4) is 0 Å². The summed E-state index contributed by atoms with van der Waals surface area (Å²) in [6.45, 7) is 6.09. The minimum atomic E-state index is -0.446. The number of rotatable bonds is 1. The molecule has 2 rings (SSSR count). The van der Waals surface area contributed by atoms with Crippen LogP contribution in [0.25, 0.3) is 5.70 Å². The highest BCUT2D eigenvalue weighted by molar-refractivity contribution is 6.28. The Morgan fingerprint density at radius 3 is 2.56 bits per heavy atom. The summed E-state index contributed by atoms with van der Waals surface area (Å²) in [5, 5.41) is 2.09. The van der Waals surface area contributed by atoms with E-state index in [9.17, 15) is 0 Å². The van der Waals surface area contributed by atoms with Gasteiger partial charge < -0.3 is 10.2 Å². The van der Waals surface area contributed by atoms with E-state index in [2.05, 4.69) is 0 Å². The third-order valence-corrected chi connectivity index (χ3v) is 2.41. The monoisotopic (exact) mass is 242 g/mol. The van der Waals surface area contributed by atoms with Crippen LogP contribution < -0.4 is 5.73 Å². The summed E-state index contributed by atoms with van der Waals surface area (Å²) >= 11 is 5.75. The van der Waals surface area contributed by atoms with Gasteiger partial charge in [-0.25, -0.2) is 9.90 Å². The molecule has 0 aliphatic carbocycles. The Morgan fingerprint density at radius 1 is 1.38 bits per heavy atom. The fourth-order valence-corrected chi connectivity index (χ4v) is 1.73. The second-order valence-corrected chi connectivity index (χ2v) is 5.06. The van der Waals surface area contributed by atoms with Crippen LogP contribution in [-0.4, -0.2) is 16.8 Å². The molecule has 1 aromatic heterocycles. The quantitative estimate of drug-likeness (QED) is 0.823. The normalized spacial score (nSPS) is 21.4. The van der Waals surface area contributed by atoms with Crippen molar-refractivity contribution < 1.29 is 9.25 Å². The summed E-state index contributed by atoms with van der Waals surface area (Å²) in [5.74, 6) is 0.660. The summed E-state index contributed by atoms with van der Waals surface area (Å²) in [4.78, 5) is 5.52. The molecule has 88 valence electrons.